The molecule has 12 heteroatoms. The highest BCUT2D eigenvalue weighted by atomic mass is 15.1. The normalized spacial score (nSPS) is 12.6. The van der Waals surface area contributed by atoms with Gasteiger partial charge in [-0.2, -0.15) is 0 Å². The highest BCUT2D eigenvalue weighted by Crippen LogP contribution is 2.52. The molecule has 9 nitrogen and oxygen atoms in total. The summed E-state index contributed by atoms with van der Waals surface area (Å²) in [5.74, 6) is 0. The van der Waals surface area contributed by atoms with Crippen LogP contribution in [0.25, 0.3) is 134 Å². The molecule has 0 fully saturated rings. The zero-order valence-corrected chi connectivity index (χ0v) is 61.9. The Balaban J connectivity index is 0.000000104. The van der Waals surface area contributed by atoms with E-state index in [1.807, 2.05) is 98.4 Å². The molecule has 0 bridgehead atoms. The van der Waals surface area contributed by atoms with Gasteiger partial charge in [0.05, 0.1) is 11.4 Å². The summed E-state index contributed by atoms with van der Waals surface area (Å²) in [7, 11) is 0. The van der Waals surface area contributed by atoms with E-state index in [9.17, 15) is 0 Å². The number of pyridine rings is 6. The monoisotopic (exact) mass is 1450 g/mol. The van der Waals surface area contributed by atoms with E-state index in [1.165, 1.54) is 167 Å². The molecule has 0 saturated heterocycles. The van der Waals surface area contributed by atoms with Gasteiger partial charge in [-0.3, -0.25) is 29.9 Å². The summed E-state index contributed by atoms with van der Waals surface area (Å²) >= 11 is 0. The molecule has 0 unspecified atom stereocenters. The minimum absolute atomic E-state index is 0.101. The van der Waals surface area contributed by atoms with Crippen LogP contribution in [0, 0.1) is 0 Å². The predicted octanol–water partition coefficient (Wildman–Crippen LogP) is 20.1. The molecule has 0 aliphatic carbocycles. The first-order chi connectivity index (χ1) is 56.6. The van der Waals surface area contributed by atoms with Crippen molar-refractivity contribution in [1.29, 1.82) is 0 Å². The molecule has 12 heterocycles. The third kappa shape index (κ3) is 11.0. The summed E-state index contributed by atoms with van der Waals surface area (Å²) in [6.45, 7) is 0.320. The first-order valence-corrected chi connectivity index (χ1v) is 38.8. The van der Waals surface area contributed by atoms with Crippen LogP contribution >= 0.6 is 0 Å². The summed E-state index contributed by atoms with van der Waals surface area (Å²) in [4.78, 5) is 34.0. The van der Waals surface area contributed by atoms with Crippen molar-refractivity contribution in [3.8, 4) is 134 Å². The molecule has 0 atom stereocenters. The largest absolute Gasteiger partial charge is 0.376 e. The van der Waals surface area contributed by atoms with Crippen molar-refractivity contribution in [2.45, 2.75) is 0 Å². The third-order valence-electron chi connectivity index (χ3n) is 23.5. The average Bonchev–Trinajstić information content (AvgIpc) is 0.717. The molecule has 18 aromatic rings. The smallest absolute Gasteiger partial charge is 0.329 e. The lowest BCUT2D eigenvalue weighted by molar-refractivity contribution is 1.31. The molecule has 114 heavy (non-hydrogen) atoms. The van der Waals surface area contributed by atoms with E-state index >= 15 is 0 Å². The number of hydrogen-bond donors (Lipinski definition) is 0. The maximum absolute atomic E-state index is 4.62. The van der Waals surface area contributed by atoms with Crippen LogP contribution in [0.2, 0.25) is 0 Å². The van der Waals surface area contributed by atoms with E-state index in [2.05, 4.69) is 348 Å². The van der Waals surface area contributed by atoms with Crippen molar-refractivity contribution in [3.63, 3.8) is 0 Å². The first-order valence-electron chi connectivity index (χ1n) is 38.8. The van der Waals surface area contributed by atoms with Gasteiger partial charge in [-0.1, -0.05) is 206 Å². The van der Waals surface area contributed by atoms with Gasteiger partial charge in [-0.25, -0.2) is 0 Å². The van der Waals surface area contributed by atoms with Crippen LogP contribution in [0.5, 0.6) is 0 Å². The molecular formula is C102H66B3N9. The maximum Gasteiger partial charge on any atom is 0.329 e. The van der Waals surface area contributed by atoms with Crippen molar-refractivity contribution in [2.75, 3.05) is 14.4 Å². The minimum atomic E-state index is 0.101. The van der Waals surface area contributed by atoms with Gasteiger partial charge < -0.3 is 14.4 Å². The van der Waals surface area contributed by atoms with E-state index in [1.54, 1.807) is 0 Å². The summed E-state index contributed by atoms with van der Waals surface area (Å²) in [5.41, 5.74) is 44.1. The Hall–Kier alpha value is -14.9. The number of rotatable bonds is 6. The fourth-order valence-corrected chi connectivity index (χ4v) is 18.5. The number of aromatic nitrogens is 6. The van der Waals surface area contributed by atoms with E-state index in [0.29, 0.717) is 0 Å². The molecule has 24 rings (SSSR count). The molecular weight excluding hydrogens is 1380 g/mol. The Labute approximate surface area is 663 Å². The van der Waals surface area contributed by atoms with Gasteiger partial charge in [0.25, 0.3) is 0 Å². The van der Waals surface area contributed by atoms with Crippen LogP contribution in [0.3, 0.4) is 0 Å². The fourth-order valence-electron chi connectivity index (χ4n) is 18.5. The summed E-state index contributed by atoms with van der Waals surface area (Å²) in [5, 5.41) is 0. The molecule has 0 N–H and O–H groups in total. The average molecular weight is 1450 g/mol. The topological polar surface area (TPSA) is 87.1 Å². The molecule has 0 spiro atoms. The van der Waals surface area contributed by atoms with Crippen molar-refractivity contribution >= 4 is 87.4 Å². The van der Waals surface area contributed by atoms with Crippen LogP contribution in [0.4, 0.5) is 34.1 Å². The van der Waals surface area contributed by atoms with Crippen molar-refractivity contribution < 1.29 is 0 Å². The summed E-state index contributed by atoms with van der Waals surface area (Å²) in [6, 6.07) is 123. The van der Waals surface area contributed by atoms with Crippen LogP contribution < -0.4 is 47.2 Å². The number of hydrogen-bond acceptors (Lipinski definition) is 9. The van der Waals surface area contributed by atoms with Crippen molar-refractivity contribution in [3.05, 3.63) is 402 Å². The Bertz CT molecular complexity index is 5740. The highest BCUT2D eigenvalue weighted by molar-refractivity contribution is 6.94. The minimum Gasteiger partial charge on any atom is -0.376 e. The van der Waals surface area contributed by atoms with Crippen LogP contribution in [-0.4, -0.2) is 50.4 Å². The Morgan fingerprint density at radius 1 is 0.167 bits per heavy atom. The van der Waals surface area contributed by atoms with Crippen LogP contribution in [0.1, 0.15) is 0 Å². The Morgan fingerprint density at radius 2 is 0.421 bits per heavy atom. The van der Waals surface area contributed by atoms with Crippen LogP contribution in [-0.2, 0) is 0 Å². The predicted molar refractivity (Wildman–Crippen MR) is 472 cm³/mol. The molecule has 12 aromatic carbocycles. The lowest BCUT2D eigenvalue weighted by Crippen LogP contribution is -2.59. The van der Waals surface area contributed by atoms with Gasteiger partial charge in [-0.15, -0.1) is 0 Å². The van der Waals surface area contributed by atoms with Crippen molar-refractivity contribution in [2.24, 2.45) is 0 Å². The molecule has 6 aliphatic heterocycles. The SMILES string of the molecule is c1ccc(-c2ccc3c(c2)-c2ccccc2B2c4ccccc4-c4cc(-c5ccccn5)ccc4N23)nc1.c1ccc2c(c1)B1c3ccccc3-c3cc(-c4ccncc4)ccc3N1c1ccc(-c3ccncc3)cc1-2.c1cncc(-c2ccc3c(c2)-c2ccccc2B2c4ccccc4-c4cc(-c5cccnc5)ccc4N23)c1. The number of fused-ring (bicyclic) bond motifs is 33. The van der Waals surface area contributed by atoms with E-state index < -0.39 is 0 Å². The van der Waals surface area contributed by atoms with Gasteiger partial charge in [0.1, 0.15) is 0 Å². The van der Waals surface area contributed by atoms with Gasteiger partial charge in [0.2, 0.25) is 0 Å². The second kappa shape index (κ2) is 27.6. The van der Waals surface area contributed by atoms with Gasteiger partial charge >= 0.3 is 20.5 Å². The molecule has 0 saturated carbocycles. The summed E-state index contributed by atoms with van der Waals surface area (Å²) < 4.78 is 0. The Morgan fingerprint density at radius 3 is 0.684 bits per heavy atom. The first kappa shape index (κ1) is 66.2. The highest BCUT2D eigenvalue weighted by Gasteiger charge is 2.46. The number of nitrogens with zero attached hydrogens (tertiary/aromatic N) is 9. The Kier molecular flexibility index (Phi) is 16.0. The lowest BCUT2D eigenvalue weighted by atomic mass is 9.43. The second-order valence-corrected chi connectivity index (χ2v) is 29.6. The van der Waals surface area contributed by atoms with E-state index in [0.717, 1.165) is 33.6 Å². The summed E-state index contributed by atoms with van der Waals surface area (Å²) in [6.07, 6.45) is 18.7. The van der Waals surface area contributed by atoms with Crippen LogP contribution in [0.15, 0.2) is 402 Å². The number of anilines is 6. The van der Waals surface area contributed by atoms with E-state index in [-0.39, 0.29) is 20.5 Å². The lowest BCUT2D eigenvalue weighted by Gasteiger charge is -2.43. The molecule has 0 radical (unpaired) electrons. The second-order valence-electron chi connectivity index (χ2n) is 29.6. The molecule has 0 amide bonds. The zero-order valence-electron chi connectivity index (χ0n) is 61.9. The maximum atomic E-state index is 4.62. The zero-order chi connectivity index (χ0) is 75.2. The standard InChI is InChI=1S/3C34H22BN3/c1-3-11-31-27(9-1)29-19-23(25-7-5-17-36-21-25)13-15-33(29)38-34-16-14-24(26-8-6-18-37-22-26)20-30(34)28-10-2-4-12-32(28)35(31)38;1-3-11-29-25(9-1)27-21-23(31-13-5-7-19-36-31)15-17-33(27)38-34-18-16-24(32-14-6-8-20-37-32)22-28(34)26-10-2-4-12-30(26)35(29)38;1-3-7-31-27(5-1)29-21-25(23-13-17-36-18-14-23)9-11-33(29)38-34-12-10-26(24-15-19-37-20-16-24)22-30(34)28-6-2-4-8-32(28)35(31)38/h3*1-22H. The fraction of sp³-hybridized carbons (Fsp3) is 0. The third-order valence-corrected chi connectivity index (χ3v) is 23.5. The van der Waals surface area contributed by atoms with Gasteiger partial charge in [0, 0.05) is 152 Å². The quantitative estimate of drug-likeness (QED) is 0.151. The van der Waals surface area contributed by atoms with Gasteiger partial charge in [0.15, 0.2) is 0 Å². The van der Waals surface area contributed by atoms with Gasteiger partial charge in [-0.05, 0) is 233 Å². The van der Waals surface area contributed by atoms with Crippen molar-refractivity contribution in [1.82, 2.24) is 29.9 Å². The molecule has 6 aromatic heterocycles. The molecule has 528 valence electrons. The number of benzene rings is 12. The molecule has 6 aliphatic rings. The van der Waals surface area contributed by atoms with E-state index in [4.69, 9.17) is 0 Å².